The second-order valence-electron chi connectivity index (χ2n) is 6.33. The molecule has 2 heterocycles. The minimum absolute atomic E-state index is 0.0831. The molecular weight excluding hydrogens is 250 g/mol. The van der Waals surface area contributed by atoms with Gasteiger partial charge in [-0.05, 0) is 36.0 Å². The molecule has 1 aromatic carbocycles. The highest BCUT2D eigenvalue weighted by atomic mass is 16.5. The van der Waals surface area contributed by atoms with Crippen molar-refractivity contribution in [3.05, 3.63) is 42.0 Å². The summed E-state index contributed by atoms with van der Waals surface area (Å²) in [6.45, 7) is 7.47. The van der Waals surface area contributed by atoms with Crippen LogP contribution in [0.15, 0.2) is 30.6 Å². The van der Waals surface area contributed by atoms with Crippen LogP contribution in [0.4, 0.5) is 0 Å². The maximum Gasteiger partial charge on any atom is 0.161 e. The number of hydrogen-bond acceptors (Lipinski definition) is 3. The number of nitrogens with zero attached hydrogens (tertiary/aromatic N) is 3. The molecule has 4 nitrogen and oxygen atoms in total. The molecule has 0 radical (unpaired) electrons. The quantitative estimate of drug-likeness (QED) is 0.840. The fourth-order valence-corrected chi connectivity index (χ4v) is 2.55. The Bertz CT molecular complexity index is 575. The molecule has 1 saturated heterocycles. The van der Waals surface area contributed by atoms with Crippen LogP contribution in [0.2, 0.25) is 0 Å². The van der Waals surface area contributed by atoms with Gasteiger partial charge in [0.05, 0.1) is 5.69 Å². The molecule has 0 unspecified atom stereocenters. The van der Waals surface area contributed by atoms with Gasteiger partial charge in [-0.2, -0.15) is 5.10 Å². The van der Waals surface area contributed by atoms with Crippen molar-refractivity contribution in [1.29, 1.82) is 0 Å². The maximum absolute atomic E-state index is 5.71. The first-order valence-electron chi connectivity index (χ1n) is 7.18. The molecule has 2 aromatic rings. The van der Waals surface area contributed by atoms with E-state index in [0.717, 1.165) is 31.0 Å². The molecule has 1 aromatic heterocycles. The molecule has 4 heteroatoms. The van der Waals surface area contributed by atoms with Gasteiger partial charge in [-0.3, -0.25) is 0 Å². The lowest BCUT2D eigenvalue weighted by molar-refractivity contribution is 0.103. The standard InChI is InChI=1S/C16H21N3O/c1-16(2,3)12-6-8-13(9-7-12)19-15(17-11-18-19)14-5-4-10-20-14/h6-9,11,14H,4-5,10H2,1-3H3/t14-/m0/s1. The molecule has 1 atom stereocenters. The van der Waals surface area contributed by atoms with E-state index in [1.807, 2.05) is 4.68 Å². The van der Waals surface area contributed by atoms with Crippen LogP contribution in [0.5, 0.6) is 0 Å². The predicted octanol–water partition coefficient (Wildman–Crippen LogP) is 3.42. The van der Waals surface area contributed by atoms with E-state index in [0.29, 0.717) is 0 Å². The Balaban J connectivity index is 1.92. The maximum atomic E-state index is 5.71. The van der Waals surface area contributed by atoms with Crippen LogP contribution in [-0.2, 0) is 10.2 Å². The summed E-state index contributed by atoms with van der Waals surface area (Å²) in [7, 11) is 0. The van der Waals surface area contributed by atoms with Crippen LogP contribution in [0.1, 0.15) is 51.1 Å². The molecule has 1 aliphatic heterocycles. The van der Waals surface area contributed by atoms with Crippen LogP contribution < -0.4 is 0 Å². The van der Waals surface area contributed by atoms with Crippen molar-refractivity contribution in [3.8, 4) is 5.69 Å². The van der Waals surface area contributed by atoms with Gasteiger partial charge in [0.1, 0.15) is 12.4 Å². The van der Waals surface area contributed by atoms with E-state index in [1.165, 1.54) is 5.56 Å². The van der Waals surface area contributed by atoms with E-state index in [9.17, 15) is 0 Å². The van der Waals surface area contributed by atoms with Crippen molar-refractivity contribution in [3.63, 3.8) is 0 Å². The van der Waals surface area contributed by atoms with Gasteiger partial charge in [0, 0.05) is 6.61 Å². The Kier molecular flexibility index (Phi) is 3.34. The number of hydrogen-bond donors (Lipinski definition) is 0. The lowest BCUT2D eigenvalue weighted by Gasteiger charge is -2.19. The predicted molar refractivity (Wildman–Crippen MR) is 78.0 cm³/mol. The Morgan fingerprint density at radius 1 is 1.20 bits per heavy atom. The summed E-state index contributed by atoms with van der Waals surface area (Å²) < 4.78 is 7.61. The van der Waals surface area contributed by atoms with Gasteiger partial charge in [-0.1, -0.05) is 32.9 Å². The third-order valence-corrected chi connectivity index (χ3v) is 3.77. The molecule has 0 bridgehead atoms. The van der Waals surface area contributed by atoms with E-state index >= 15 is 0 Å². The van der Waals surface area contributed by atoms with Crippen molar-refractivity contribution >= 4 is 0 Å². The van der Waals surface area contributed by atoms with Crippen LogP contribution in [-0.4, -0.2) is 21.4 Å². The summed E-state index contributed by atoms with van der Waals surface area (Å²) in [5, 5.41) is 4.35. The van der Waals surface area contributed by atoms with E-state index in [4.69, 9.17) is 4.74 Å². The molecular formula is C16H21N3O. The van der Waals surface area contributed by atoms with Crippen LogP contribution >= 0.6 is 0 Å². The molecule has 106 valence electrons. The number of aromatic nitrogens is 3. The topological polar surface area (TPSA) is 39.9 Å². The molecule has 20 heavy (non-hydrogen) atoms. The van der Waals surface area contributed by atoms with Gasteiger partial charge in [0.2, 0.25) is 0 Å². The average Bonchev–Trinajstić information content (AvgIpc) is 3.08. The third-order valence-electron chi connectivity index (χ3n) is 3.77. The number of benzene rings is 1. The minimum atomic E-state index is 0.0831. The van der Waals surface area contributed by atoms with E-state index in [1.54, 1.807) is 6.33 Å². The molecule has 0 amide bonds. The van der Waals surface area contributed by atoms with Gasteiger partial charge in [0.25, 0.3) is 0 Å². The molecule has 0 N–H and O–H groups in total. The fourth-order valence-electron chi connectivity index (χ4n) is 2.55. The zero-order chi connectivity index (χ0) is 14.2. The molecule has 0 spiro atoms. The zero-order valence-electron chi connectivity index (χ0n) is 12.3. The minimum Gasteiger partial charge on any atom is -0.370 e. The Morgan fingerprint density at radius 3 is 2.55 bits per heavy atom. The molecule has 0 aliphatic carbocycles. The monoisotopic (exact) mass is 271 g/mol. The summed E-state index contributed by atoms with van der Waals surface area (Å²) in [6, 6.07) is 8.54. The van der Waals surface area contributed by atoms with Crippen LogP contribution in [0.3, 0.4) is 0 Å². The number of rotatable bonds is 2. The summed E-state index contributed by atoms with van der Waals surface area (Å²) in [4.78, 5) is 4.37. The van der Waals surface area contributed by atoms with Crippen molar-refractivity contribution in [2.24, 2.45) is 0 Å². The van der Waals surface area contributed by atoms with Crippen LogP contribution in [0, 0.1) is 0 Å². The van der Waals surface area contributed by atoms with E-state index in [-0.39, 0.29) is 11.5 Å². The smallest absolute Gasteiger partial charge is 0.161 e. The Morgan fingerprint density at radius 2 is 1.95 bits per heavy atom. The van der Waals surface area contributed by atoms with E-state index < -0.39 is 0 Å². The molecule has 1 fully saturated rings. The SMILES string of the molecule is CC(C)(C)c1ccc(-n2ncnc2[C@@H]2CCCO2)cc1. The van der Waals surface area contributed by atoms with Gasteiger partial charge >= 0.3 is 0 Å². The summed E-state index contributed by atoms with van der Waals surface area (Å²) in [5.74, 6) is 0.908. The first-order chi connectivity index (χ1) is 9.55. The Labute approximate surface area is 119 Å². The zero-order valence-corrected chi connectivity index (χ0v) is 12.3. The first-order valence-corrected chi connectivity index (χ1v) is 7.18. The summed E-state index contributed by atoms with van der Waals surface area (Å²) in [5.41, 5.74) is 2.53. The second kappa shape index (κ2) is 5.02. The van der Waals surface area contributed by atoms with Crippen molar-refractivity contribution in [1.82, 2.24) is 14.8 Å². The average molecular weight is 271 g/mol. The van der Waals surface area contributed by atoms with Gasteiger partial charge < -0.3 is 4.74 Å². The lowest BCUT2D eigenvalue weighted by Crippen LogP contribution is -2.12. The normalized spacial score (nSPS) is 19.4. The first kappa shape index (κ1) is 13.3. The highest BCUT2D eigenvalue weighted by Gasteiger charge is 2.23. The summed E-state index contributed by atoms with van der Waals surface area (Å²) >= 11 is 0. The van der Waals surface area contributed by atoms with Crippen molar-refractivity contribution < 1.29 is 4.74 Å². The van der Waals surface area contributed by atoms with Crippen LogP contribution in [0.25, 0.3) is 5.69 Å². The fraction of sp³-hybridized carbons (Fsp3) is 0.500. The number of ether oxygens (including phenoxy) is 1. The van der Waals surface area contributed by atoms with Gasteiger partial charge in [0.15, 0.2) is 5.82 Å². The molecule has 1 aliphatic rings. The highest BCUT2D eigenvalue weighted by Crippen LogP contribution is 2.29. The second-order valence-corrected chi connectivity index (χ2v) is 6.33. The molecule has 0 saturated carbocycles. The van der Waals surface area contributed by atoms with Crippen molar-refractivity contribution in [2.75, 3.05) is 6.61 Å². The van der Waals surface area contributed by atoms with Crippen molar-refractivity contribution in [2.45, 2.75) is 45.1 Å². The van der Waals surface area contributed by atoms with E-state index in [2.05, 4.69) is 55.1 Å². The third kappa shape index (κ3) is 2.48. The highest BCUT2D eigenvalue weighted by molar-refractivity contribution is 5.37. The van der Waals surface area contributed by atoms with Gasteiger partial charge in [-0.25, -0.2) is 9.67 Å². The largest absolute Gasteiger partial charge is 0.370 e. The van der Waals surface area contributed by atoms with Gasteiger partial charge in [-0.15, -0.1) is 0 Å². The lowest BCUT2D eigenvalue weighted by atomic mass is 9.87. The Hall–Kier alpha value is -1.68. The molecule has 3 rings (SSSR count). The summed E-state index contributed by atoms with van der Waals surface area (Å²) in [6.07, 6.45) is 3.81.